The molecule has 1 amide bonds. The Balaban J connectivity index is 1.77. The normalized spacial score (nSPS) is 28.9. The van der Waals surface area contributed by atoms with Crippen molar-refractivity contribution in [1.82, 2.24) is 0 Å². The molecule has 5 heteroatoms. The molecule has 2 N–H and O–H groups in total. The highest BCUT2D eigenvalue weighted by atomic mass is 32.2. The van der Waals surface area contributed by atoms with Crippen molar-refractivity contribution in [3.05, 3.63) is 12.2 Å². The van der Waals surface area contributed by atoms with E-state index in [0.29, 0.717) is 24.0 Å². The molecule has 2 fully saturated rings. The van der Waals surface area contributed by atoms with Crippen LogP contribution in [0.1, 0.15) is 78.6 Å². The fraction of sp³-hybridized carbons (Fsp3) is 0.864. The quantitative estimate of drug-likeness (QED) is 0.371. The Kier molecular flexibility index (Phi) is 9.00. The second-order valence-corrected chi connectivity index (χ2v) is 10.6. The van der Waals surface area contributed by atoms with Gasteiger partial charge in [-0.1, -0.05) is 52.2 Å². The fourth-order valence-electron chi connectivity index (χ4n) is 4.35. The summed E-state index contributed by atoms with van der Waals surface area (Å²) in [6.07, 6.45) is 14.8. The Morgan fingerprint density at radius 3 is 2.52 bits per heavy atom. The first-order chi connectivity index (χ1) is 12.8. The summed E-state index contributed by atoms with van der Waals surface area (Å²) in [5.41, 5.74) is 4.99. The Hall–Kier alpha value is -0.680. The van der Waals surface area contributed by atoms with Gasteiger partial charge in [0.1, 0.15) is 0 Å². The van der Waals surface area contributed by atoms with Gasteiger partial charge in [0.05, 0.1) is 12.2 Å². The molecule has 2 aliphatic heterocycles. The smallest absolute Gasteiger partial charge is 0.223 e. The number of hydrogen-bond acceptors (Lipinski definition) is 3. The number of nitrogens with two attached hydrogens (primary N) is 1. The van der Waals surface area contributed by atoms with E-state index in [1.807, 2.05) is 13.8 Å². The molecule has 2 heterocycles. The number of carbonyl (C=O) groups excluding carboxylic acids is 1. The molecule has 2 saturated heterocycles. The minimum absolute atomic E-state index is 0.237. The van der Waals surface area contributed by atoms with Crippen LogP contribution in [0.4, 0.5) is 0 Å². The lowest BCUT2D eigenvalue weighted by molar-refractivity contribution is -0.126. The molecule has 0 radical (unpaired) electrons. The Labute approximate surface area is 168 Å². The lowest BCUT2D eigenvalue weighted by Gasteiger charge is -2.27. The van der Waals surface area contributed by atoms with Crippen LogP contribution >= 0.6 is 0 Å². The molecule has 156 valence electrons. The monoisotopic (exact) mass is 397 g/mol. The Morgan fingerprint density at radius 1 is 1.15 bits per heavy atom. The van der Waals surface area contributed by atoms with E-state index < -0.39 is 16.2 Å². The van der Waals surface area contributed by atoms with Crippen LogP contribution < -0.4 is 5.73 Å². The Bertz CT molecular complexity index is 532. The van der Waals surface area contributed by atoms with E-state index in [2.05, 4.69) is 19.1 Å². The zero-order chi connectivity index (χ0) is 19.9. The molecule has 4 nitrogen and oxygen atoms in total. The van der Waals surface area contributed by atoms with E-state index in [1.54, 1.807) is 0 Å². The number of allylic oxidation sites excluding steroid dienone is 2. The minimum atomic E-state index is -0.717. The van der Waals surface area contributed by atoms with Crippen molar-refractivity contribution in [1.29, 1.82) is 0 Å². The fourth-order valence-corrected chi connectivity index (χ4v) is 5.94. The number of hydrogen-bond donors (Lipinski definition) is 1. The van der Waals surface area contributed by atoms with Crippen molar-refractivity contribution in [3.8, 4) is 0 Å². The van der Waals surface area contributed by atoms with Crippen LogP contribution in [-0.2, 0) is 20.3 Å². The summed E-state index contributed by atoms with van der Waals surface area (Å²) >= 11 is 0. The zero-order valence-corrected chi connectivity index (χ0v) is 18.3. The van der Waals surface area contributed by atoms with E-state index in [4.69, 9.17) is 10.5 Å². The Morgan fingerprint density at radius 2 is 1.85 bits per heavy atom. The largest absolute Gasteiger partial charge is 0.374 e. The summed E-state index contributed by atoms with van der Waals surface area (Å²) in [7, 11) is -0.717. The summed E-state index contributed by atoms with van der Waals surface area (Å²) in [5.74, 6) is 2.36. The molecule has 0 spiro atoms. The van der Waals surface area contributed by atoms with E-state index >= 15 is 0 Å². The number of fused-ring (bicyclic) bond motifs is 2. The summed E-state index contributed by atoms with van der Waals surface area (Å²) in [4.78, 5) is 11.4. The third kappa shape index (κ3) is 6.70. The van der Waals surface area contributed by atoms with Crippen molar-refractivity contribution in [2.24, 2.45) is 23.0 Å². The maximum absolute atomic E-state index is 12.5. The molecule has 0 aromatic carbocycles. The predicted octanol–water partition coefficient (Wildman–Crippen LogP) is 4.35. The average Bonchev–Trinajstić information content (AvgIpc) is 3.20. The summed E-state index contributed by atoms with van der Waals surface area (Å²) < 4.78 is 18.7. The summed E-state index contributed by atoms with van der Waals surface area (Å²) in [5, 5.41) is 0. The van der Waals surface area contributed by atoms with E-state index in [9.17, 15) is 9.00 Å². The van der Waals surface area contributed by atoms with Gasteiger partial charge in [0.25, 0.3) is 0 Å². The molecule has 0 aromatic heterocycles. The highest BCUT2D eigenvalue weighted by Crippen LogP contribution is 2.45. The maximum atomic E-state index is 12.5. The molecule has 2 aliphatic rings. The molecule has 0 aliphatic carbocycles. The second kappa shape index (κ2) is 10.8. The highest BCUT2D eigenvalue weighted by molar-refractivity contribution is 7.84. The second-order valence-electron chi connectivity index (χ2n) is 8.98. The third-order valence-electron chi connectivity index (χ3n) is 6.37. The topological polar surface area (TPSA) is 69.4 Å². The van der Waals surface area contributed by atoms with Gasteiger partial charge < -0.3 is 10.5 Å². The highest BCUT2D eigenvalue weighted by Gasteiger charge is 2.48. The maximum Gasteiger partial charge on any atom is 0.223 e. The number of rotatable bonds is 13. The molecule has 0 aromatic rings. The van der Waals surface area contributed by atoms with Gasteiger partial charge in [-0.2, -0.15) is 0 Å². The molecule has 27 heavy (non-hydrogen) atoms. The van der Waals surface area contributed by atoms with Gasteiger partial charge in [-0.3, -0.25) is 9.00 Å². The van der Waals surface area contributed by atoms with Crippen LogP contribution in [0.25, 0.3) is 0 Å². The SMILES string of the molecule is CCCCCCS(=O)CC1C2CCC(O2)C1C/C=C/CCC(C)(C)C(N)=O. The molecular weight excluding hydrogens is 358 g/mol. The minimum Gasteiger partial charge on any atom is -0.374 e. The number of ether oxygens (including phenoxy) is 1. The van der Waals surface area contributed by atoms with Crippen LogP contribution in [0.2, 0.25) is 0 Å². The first-order valence-electron chi connectivity index (χ1n) is 10.8. The molecule has 5 atom stereocenters. The van der Waals surface area contributed by atoms with E-state index in [1.165, 1.54) is 19.3 Å². The van der Waals surface area contributed by atoms with Gasteiger partial charge in [-0.25, -0.2) is 0 Å². The van der Waals surface area contributed by atoms with Crippen molar-refractivity contribution >= 4 is 16.7 Å². The molecule has 2 bridgehead atoms. The van der Waals surface area contributed by atoms with E-state index in [-0.39, 0.29) is 5.91 Å². The van der Waals surface area contributed by atoms with Gasteiger partial charge in [0, 0.05) is 33.6 Å². The number of primary amides is 1. The van der Waals surface area contributed by atoms with Gasteiger partial charge in [0.2, 0.25) is 5.91 Å². The van der Waals surface area contributed by atoms with Gasteiger partial charge in [-0.15, -0.1) is 0 Å². The van der Waals surface area contributed by atoms with Crippen LogP contribution in [0.5, 0.6) is 0 Å². The lowest BCUT2D eigenvalue weighted by atomic mass is 9.78. The van der Waals surface area contributed by atoms with E-state index in [0.717, 1.165) is 50.0 Å². The number of unbranched alkanes of at least 4 members (excludes halogenated alkanes) is 3. The zero-order valence-electron chi connectivity index (χ0n) is 17.5. The van der Waals surface area contributed by atoms with Crippen LogP contribution in [0.15, 0.2) is 12.2 Å². The number of amides is 1. The number of carbonyl (C=O) groups is 1. The van der Waals surface area contributed by atoms with Crippen LogP contribution in [-0.4, -0.2) is 33.8 Å². The molecule has 2 rings (SSSR count). The van der Waals surface area contributed by atoms with Crippen LogP contribution in [0.3, 0.4) is 0 Å². The average molecular weight is 398 g/mol. The summed E-state index contributed by atoms with van der Waals surface area (Å²) in [6.45, 7) is 6.01. The molecule has 5 unspecified atom stereocenters. The van der Waals surface area contributed by atoms with Crippen molar-refractivity contribution < 1.29 is 13.7 Å². The van der Waals surface area contributed by atoms with Gasteiger partial charge in [0.15, 0.2) is 0 Å². The first-order valence-corrected chi connectivity index (χ1v) is 12.3. The predicted molar refractivity (Wildman–Crippen MR) is 113 cm³/mol. The molecular formula is C22H39NO3S. The van der Waals surface area contributed by atoms with Crippen LogP contribution in [0, 0.1) is 17.3 Å². The third-order valence-corrected chi connectivity index (χ3v) is 7.87. The standard InChI is InChI=1S/C22H39NO3S/c1-4-5-6-10-15-27(25)16-18-17(19-12-13-20(18)26-19)11-8-7-9-14-22(2,3)21(23)24/h7-8,17-20H,4-6,9-16H2,1-3H3,(H2,23,24)/b8-7+. The van der Waals surface area contributed by atoms with Crippen molar-refractivity contribution in [2.45, 2.75) is 90.8 Å². The molecule has 0 saturated carbocycles. The van der Waals surface area contributed by atoms with Crippen molar-refractivity contribution in [2.75, 3.05) is 11.5 Å². The lowest BCUT2D eigenvalue weighted by Crippen LogP contribution is -2.31. The summed E-state index contributed by atoms with van der Waals surface area (Å²) in [6, 6.07) is 0. The van der Waals surface area contributed by atoms with Gasteiger partial charge in [-0.05, 0) is 44.4 Å². The first kappa shape index (κ1) is 22.6. The van der Waals surface area contributed by atoms with Gasteiger partial charge >= 0.3 is 0 Å². The van der Waals surface area contributed by atoms with Crippen molar-refractivity contribution in [3.63, 3.8) is 0 Å².